The minimum atomic E-state index is -1.16. The second kappa shape index (κ2) is 18.0. The van der Waals surface area contributed by atoms with E-state index < -0.39 is 18.1 Å². The number of carboxylic acid groups (broad SMARTS) is 1. The lowest BCUT2D eigenvalue weighted by atomic mass is 9.92. The van der Waals surface area contributed by atoms with Crippen molar-refractivity contribution >= 4 is 35.1 Å². The molecule has 60 heavy (non-hydrogen) atoms. The van der Waals surface area contributed by atoms with Crippen LogP contribution in [0.3, 0.4) is 0 Å². The van der Waals surface area contributed by atoms with Crippen LogP contribution in [0.4, 0.5) is 0 Å². The highest BCUT2D eigenvalue weighted by Crippen LogP contribution is 2.41. The fraction of sp³-hybridized carbons (Fsp3) is 0.234. The SMILES string of the molecule is Cc1nccc(Oc2ccc(CC(NC(=O)C3Cc4cc5c(cc4CN3Cc3ccccn3)OC(c3ccc(OCc4ccc(Cl)c(Cl)c4)cc3)CO5)C(=O)O)cc2)c1C. The Bertz CT molecular complexity index is 2500. The van der Waals surface area contributed by atoms with E-state index >= 15 is 0 Å². The normalized spacial score (nSPS) is 16.3. The molecule has 0 aliphatic carbocycles. The Morgan fingerprint density at radius 1 is 0.867 bits per heavy atom. The molecule has 2 N–H and O–H groups in total. The van der Waals surface area contributed by atoms with E-state index in [2.05, 4.69) is 15.3 Å². The topological polar surface area (TPSA) is 132 Å². The Morgan fingerprint density at radius 2 is 1.63 bits per heavy atom. The van der Waals surface area contributed by atoms with Crippen molar-refractivity contribution in [2.75, 3.05) is 6.61 Å². The summed E-state index contributed by atoms with van der Waals surface area (Å²) in [4.78, 5) is 37.5. The molecule has 0 radical (unpaired) electrons. The van der Waals surface area contributed by atoms with E-state index in [-0.39, 0.29) is 18.4 Å². The number of pyridine rings is 2. The van der Waals surface area contributed by atoms with Gasteiger partial charge in [-0.3, -0.25) is 19.7 Å². The lowest BCUT2D eigenvalue weighted by molar-refractivity contribution is -0.142. The summed E-state index contributed by atoms with van der Waals surface area (Å²) in [5.41, 5.74) is 7.10. The molecular weight excluding hydrogens is 803 g/mol. The molecule has 0 spiro atoms. The smallest absolute Gasteiger partial charge is 0.326 e. The van der Waals surface area contributed by atoms with Gasteiger partial charge >= 0.3 is 5.97 Å². The minimum absolute atomic E-state index is 0.0899. The molecule has 2 aliphatic heterocycles. The summed E-state index contributed by atoms with van der Waals surface area (Å²) < 4.78 is 24.8. The molecule has 4 heterocycles. The first-order valence-corrected chi connectivity index (χ1v) is 20.3. The van der Waals surface area contributed by atoms with Crippen LogP contribution in [0.15, 0.2) is 116 Å². The zero-order valence-corrected chi connectivity index (χ0v) is 34.5. The van der Waals surface area contributed by atoms with E-state index in [0.717, 1.165) is 44.8 Å². The highest BCUT2D eigenvalue weighted by atomic mass is 35.5. The highest BCUT2D eigenvalue weighted by Gasteiger charge is 2.36. The predicted molar refractivity (Wildman–Crippen MR) is 227 cm³/mol. The van der Waals surface area contributed by atoms with Crippen LogP contribution >= 0.6 is 23.2 Å². The first-order valence-electron chi connectivity index (χ1n) is 19.5. The fourth-order valence-corrected chi connectivity index (χ4v) is 7.64. The van der Waals surface area contributed by atoms with Crippen LogP contribution in [-0.2, 0) is 42.1 Å². The number of nitrogens with one attached hydrogen (secondary N) is 1. The number of amides is 1. The summed E-state index contributed by atoms with van der Waals surface area (Å²) in [5, 5.41) is 14.1. The van der Waals surface area contributed by atoms with Crippen LogP contribution in [-0.4, -0.2) is 50.5 Å². The van der Waals surface area contributed by atoms with Crippen LogP contribution in [0, 0.1) is 13.8 Å². The van der Waals surface area contributed by atoms with Gasteiger partial charge in [0.15, 0.2) is 17.6 Å². The monoisotopic (exact) mass is 844 g/mol. The number of carbonyl (C=O) groups is 2. The van der Waals surface area contributed by atoms with Crippen molar-refractivity contribution in [3.05, 3.63) is 170 Å². The average molecular weight is 846 g/mol. The zero-order chi connectivity index (χ0) is 41.8. The summed E-state index contributed by atoms with van der Waals surface area (Å²) in [7, 11) is 0. The molecule has 2 aromatic heterocycles. The van der Waals surface area contributed by atoms with Crippen LogP contribution in [0.2, 0.25) is 10.0 Å². The maximum absolute atomic E-state index is 14.1. The van der Waals surface area contributed by atoms with Gasteiger partial charge in [0.2, 0.25) is 5.91 Å². The van der Waals surface area contributed by atoms with Crippen molar-refractivity contribution in [2.45, 2.75) is 64.6 Å². The molecule has 13 heteroatoms. The van der Waals surface area contributed by atoms with Gasteiger partial charge in [0.25, 0.3) is 0 Å². The van der Waals surface area contributed by atoms with Crippen LogP contribution < -0.4 is 24.3 Å². The molecule has 4 aromatic carbocycles. The molecule has 8 rings (SSSR count). The lowest BCUT2D eigenvalue weighted by Crippen LogP contribution is -2.54. The maximum atomic E-state index is 14.1. The van der Waals surface area contributed by atoms with E-state index in [9.17, 15) is 14.7 Å². The molecule has 6 aromatic rings. The van der Waals surface area contributed by atoms with Gasteiger partial charge in [-0.2, -0.15) is 0 Å². The Labute approximate surface area is 357 Å². The Hall–Kier alpha value is -6.14. The average Bonchev–Trinajstić information content (AvgIpc) is 3.25. The summed E-state index contributed by atoms with van der Waals surface area (Å²) in [6.07, 6.45) is 3.49. The number of halogens is 2. The zero-order valence-electron chi connectivity index (χ0n) is 32.9. The highest BCUT2D eigenvalue weighted by molar-refractivity contribution is 6.42. The maximum Gasteiger partial charge on any atom is 0.326 e. The molecule has 0 fully saturated rings. The van der Waals surface area contributed by atoms with Crippen LogP contribution in [0.5, 0.6) is 28.7 Å². The summed E-state index contributed by atoms with van der Waals surface area (Å²) in [5.74, 6) is 1.70. The van der Waals surface area contributed by atoms with Crippen molar-refractivity contribution in [1.29, 1.82) is 0 Å². The second-order valence-electron chi connectivity index (χ2n) is 14.9. The quantitative estimate of drug-likeness (QED) is 0.116. The molecule has 0 bridgehead atoms. The van der Waals surface area contributed by atoms with Crippen molar-refractivity contribution in [3.8, 4) is 28.7 Å². The van der Waals surface area contributed by atoms with E-state index in [1.54, 1.807) is 42.7 Å². The van der Waals surface area contributed by atoms with Gasteiger partial charge in [0, 0.05) is 43.2 Å². The Balaban J connectivity index is 0.948. The van der Waals surface area contributed by atoms with Crippen molar-refractivity contribution in [1.82, 2.24) is 20.2 Å². The fourth-order valence-electron chi connectivity index (χ4n) is 7.32. The summed E-state index contributed by atoms with van der Waals surface area (Å²) in [6.45, 7) is 5.29. The van der Waals surface area contributed by atoms with E-state index in [0.29, 0.717) is 71.5 Å². The minimum Gasteiger partial charge on any atom is -0.489 e. The van der Waals surface area contributed by atoms with Crippen molar-refractivity contribution in [3.63, 3.8) is 0 Å². The number of carbonyl (C=O) groups excluding carboxylic acids is 1. The van der Waals surface area contributed by atoms with Gasteiger partial charge in [-0.15, -0.1) is 0 Å². The van der Waals surface area contributed by atoms with Crippen molar-refractivity contribution in [2.24, 2.45) is 0 Å². The molecular formula is C47H42Cl2N4O7. The lowest BCUT2D eigenvalue weighted by Gasteiger charge is -2.37. The molecule has 3 unspecified atom stereocenters. The molecule has 306 valence electrons. The molecule has 2 aliphatic rings. The second-order valence-corrected chi connectivity index (χ2v) is 15.7. The number of rotatable bonds is 13. The number of hydrogen-bond donors (Lipinski definition) is 2. The molecule has 1 amide bonds. The summed E-state index contributed by atoms with van der Waals surface area (Å²) in [6, 6.07) is 29.9. The molecule has 11 nitrogen and oxygen atoms in total. The molecule has 3 atom stereocenters. The number of ether oxygens (including phenoxy) is 4. The predicted octanol–water partition coefficient (Wildman–Crippen LogP) is 9.02. The van der Waals surface area contributed by atoms with Crippen LogP contribution in [0.25, 0.3) is 0 Å². The van der Waals surface area contributed by atoms with Gasteiger partial charge in [-0.1, -0.05) is 59.6 Å². The van der Waals surface area contributed by atoms with Gasteiger partial charge in [0.05, 0.1) is 21.8 Å². The van der Waals surface area contributed by atoms with Gasteiger partial charge < -0.3 is 29.4 Å². The number of aromatic nitrogens is 2. The number of aliphatic carboxylic acids is 1. The number of nitrogens with zero attached hydrogens (tertiary/aromatic N) is 3. The van der Waals surface area contributed by atoms with Crippen molar-refractivity contribution < 1.29 is 33.6 Å². The third-order valence-electron chi connectivity index (χ3n) is 10.8. The number of fused-ring (bicyclic) bond motifs is 2. The van der Waals surface area contributed by atoms with Gasteiger partial charge in [-0.05, 0) is 115 Å². The largest absolute Gasteiger partial charge is 0.489 e. The van der Waals surface area contributed by atoms with Gasteiger partial charge in [0.1, 0.15) is 36.5 Å². The standard InChI is InChI=1S/C47H42Cl2N4O7/c1-28-29(2)50-18-16-42(28)59-37-11-6-30(7-12-37)20-40(47(55)56)52-46(54)41-21-33-22-43-44(23-34(33)24-53(41)25-35-5-3-4-17-51-35)60-45(27-58-43)32-9-13-36(14-10-32)57-26-31-8-15-38(48)39(49)19-31/h3-19,22-23,40-41,45H,20-21,24-27H2,1-2H3,(H,52,54)(H,55,56). The first kappa shape index (κ1) is 40.6. The number of hydrogen-bond acceptors (Lipinski definition) is 9. The number of carboxylic acids is 1. The van der Waals surface area contributed by atoms with Crippen LogP contribution in [0.1, 0.15) is 50.9 Å². The Morgan fingerprint density at radius 3 is 2.38 bits per heavy atom. The van der Waals surface area contributed by atoms with Gasteiger partial charge in [-0.25, -0.2) is 4.79 Å². The molecule has 0 saturated heterocycles. The third-order valence-corrected chi connectivity index (χ3v) is 11.5. The van der Waals surface area contributed by atoms with E-state index in [4.69, 9.17) is 42.1 Å². The molecule has 0 saturated carbocycles. The first-order chi connectivity index (χ1) is 29.1. The number of aryl methyl sites for hydroxylation is 1. The summed E-state index contributed by atoms with van der Waals surface area (Å²) >= 11 is 12.2. The number of benzene rings is 4. The third kappa shape index (κ3) is 9.50. The van der Waals surface area contributed by atoms with E-state index in [1.165, 1.54) is 0 Å². The Kier molecular flexibility index (Phi) is 12.2. The van der Waals surface area contributed by atoms with E-state index in [1.807, 2.05) is 91.5 Å².